The summed E-state index contributed by atoms with van der Waals surface area (Å²) in [6.45, 7) is 13.8. The van der Waals surface area contributed by atoms with Gasteiger partial charge in [-0.05, 0) is 123 Å². The van der Waals surface area contributed by atoms with Gasteiger partial charge in [-0.2, -0.15) is 0 Å². The predicted molar refractivity (Wildman–Crippen MR) is 275 cm³/mol. The van der Waals surface area contributed by atoms with Gasteiger partial charge in [-0.3, -0.25) is 4.79 Å². The molecule has 18 nitrogen and oxygen atoms in total. The number of benzene rings is 5. The van der Waals surface area contributed by atoms with E-state index in [0.29, 0.717) is 49.5 Å². The summed E-state index contributed by atoms with van der Waals surface area (Å²) in [6.07, 6.45) is 1.45. The molecule has 1 aliphatic rings. The molecule has 394 valence electrons. The highest BCUT2D eigenvalue weighted by Crippen LogP contribution is 2.59. The van der Waals surface area contributed by atoms with Crippen LogP contribution < -0.4 is 33.2 Å². The molecule has 1 aliphatic heterocycles. The highest BCUT2D eigenvalue weighted by atomic mass is 32.2. The molecule has 3 unspecified atom stereocenters. The van der Waals surface area contributed by atoms with E-state index in [2.05, 4.69) is 4.85 Å². The minimum atomic E-state index is -0.888. The molecule has 0 aliphatic carbocycles. The lowest BCUT2D eigenvalue weighted by molar-refractivity contribution is -0.139. The van der Waals surface area contributed by atoms with Crippen LogP contribution in [0.1, 0.15) is 87.0 Å². The van der Waals surface area contributed by atoms with Gasteiger partial charge in [-0.15, -0.1) is 0 Å². The van der Waals surface area contributed by atoms with Crippen molar-refractivity contribution >= 4 is 53.4 Å². The Hall–Kier alpha value is -7.38. The summed E-state index contributed by atoms with van der Waals surface area (Å²) in [7, 11) is 4.54. The average molecular weight is 1070 g/mol. The first kappa shape index (κ1) is 56.9. The first-order valence-corrected chi connectivity index (χ1v) is 25.1. The number of esters is 5. The molecule has 75 heavy (non-hydrogen) atoms. The molecule has 20 heteroatoms. The van der Waals surface area contributed by atoms with Crippen molar-refractivity contribution in [2.45, 2.75) is 68.6 Å². The van der Waals surface area contributed by atoms with Crippen molar-refractivity contribution in [1.29, 1.82) is 0 Å². The molecule has 0 spiro atoms. The third-order valence-corrected chi connectivity index (χ3v) is 13.9. The number of ether oxygens (including phenoxy) is 10. The van der Waals surface area contributed by atoms with E-state index < -0.39 is 36.5 Å². The molecular formula is C55H55NO17S2. The summed E-state index contributed by atoms with van der Waals surface area (Å²) in [5.74, 6) is -2.53. The van der Waals surface area contributed by atoms with Crippen LogP contribution in [0, 0.1) is 12.5 Å². The fourth-order valence-electron chi connectivity index (χ4n) is 6.67. The van der Waals surface area contributed by atoms with E-state index in [-0.39, 0.29) is 102 Å². The Morgan fingerprint density at radius 2 is 1.04 bits per heavy atom. The second kappa shape index (κ2) is 27.8. The first-order valence-electron chi connectivity index (χ1n) is 23.4. The van der Waals surface area contributed by atoms with Crippen LogP contribution in [0.4, 0.5) is 0 Å². The van der Waals surface area contributed by atoms with E-state index in [1.54, 1.807) is 38.3 Å². The van der Waals surface area contributed by atoms with Gasteiger partial charge in [0.05, 0.1) is 83.0 Å². The first-order chi connectivity index (χ1) is 36.2. The van der Waals surface area contributed by atoms with E-state index in [9.17, 15) is 34.2 Å². The molecule has 0 aromatic heterocycles. The number of hydrogen-bond acceptors (Lipinski definition) is 19. The van der Waals surface area contributed by atoms with Gasteiger partial charge in [-0.25, -0.2) is 24.0 Å². The van der Waals surface area contributed by atoms with Crippen LogP contribution in [0.3, 0.4) is 0 Å². The molecule has 5 aromatic carbocycles. The minimum absolute atomic E-state index is 0.00450. The molecule has 3 atom stereocenters. The van der Waals surface area contributed by atoms with Crippen LogP contribution in [-0.2, 0) is 25.6 Å². The largest absolute Gasteiger partial charge is 0.496 e. The monoisotopic (exact) mass is 1070 g/mol. The number of thioether (sulfide) groups is 2. The van der Waals surface area contributed by atoms with E-state index in [1.807, 2.05) is 13.8 Å². The van der Waals surface area contributed by atoms with E-state index in [0.717, 1.165) is 23.5 Å². The molecule has 1 heterocycles. The molecule has 6 rings (SSSR count). The van der Waals surface area contributed by atoms with Crippen LogP contribution in [-0.4, -0.2) is 100 Å². The van der Waals surface area contributed by atoms with Crippen molar-refractivity contribution in [1.82, 2.24) is 0 Å². The number of hydrogen-bond donors (Lipinski definition) is 2. The zero-order chi connectivity index (χ0) is 54.0. The summed E-state index contributed by atoms with van der Waals surface area (Å²) >= 11 is 1.89. The summed E-state index contributed by atoms with van der Waals surface area (Å²) in [5.41, 5.74) is 0.336. The summed E-state index contributed by atoms with van der Waals surface area (Å²) < 4.78 is 55.8. The molecule has 0 saturated carbocycles. The van der Waals surface area contributed by atoms with Crippen LogP contribution in [0.15, 0.2) is 117 Å². The maximum atomic E-state index is 13.7. The zero-order valence-corrected chi connectivity index (χ0v) is 43.5. The van der Waals surface area contributed by atoms with E-state index in [4.69, 9.17) is 53.9 Å². The number of carbonyl (C=O) groups excluding carboxylic acids is 5. The molecular weight excluding hydrogens is 1010 g/mol. The zero-order valence-electron chi connectivity index (χ0n) is 41.9. The molecule has 0 fully saturated rings. The van der Waals surface area contributed by atoms with Gasteiger partial charge in [-0.1, -0.05) is 30.4 Å². The number of aliphatic hydroxyl groups excluding tert-OH is 2. The van der Waals surface area contributed by atoms with Crippen molar-refractivity contribution in [2.75, 3.05) is 47.8 Å². The Labute approximate surface area is 441 Å². The van der Waals surface area contributed by atoms with Crippen molar-refractivity contribution < 1.29 is 81.6 Å². The SMILES string of the molecule is [C-]#[N+]C(C(=O)OCCC(C)OC)=C1Sc2c(OC(=O)c3ccc(OC(=O)c4ccc(OCCC(C)OC)cc4CO)cc3)ccc(OC(=O)c3ccc(OC(=O)c4ccc(OCCC(C)CO)cc4OC)cc3)c2S1. The highest BCUT2D eigenvalue weighted by Gasteiger charge is 2.33. The Bertz CT molecular complexity index is 2750. The van der Waals surface area contributed by atoms with Crippen molar-refractivity contribution in [3.8, 4) is 40.2 Å². The quantitative estimate of drug-likeness (QED) is 0.0240. The Morgan fingerprint density at radius 3 is 1.53 bits per heavy atom. The predicted octanol–water partition coefficient (Wildman–Crippen LogP) is 9.52. The lowest BCUT2D eigenvalue weighted by atomic mass is 10.1. The molecule has 0 amide bonds. The Morgan fingerprint density at radius 1 is 0.560 bits per heavy atom. The second-order valence-corrected chi connectivity index (χ2v) is 19.0. The Kier molecular flexibility index (Phi) is 21.1. The Balaban J connectivity index is 1.16. The van der Waals surface area contributed by atoms with Crippen LogP contribution in [0.25, 0.3) is 4.85 Å². The molecule has 0 bridgehead atoms. The lowest BCUT2D eigenvalue weighted by Crippen LogP contribution is -2.13. The van der Waals surface area contributed by atoms with Gasteiger partial charge in [0.2, 0.25) is 0 Å². The number of fused-ring (bicyclic) bond motifs is 1. The van der Waals surface area contributed by atoms with Gasteiger partial charge < -0.3 is 57.6 Å². The fraction of sp³-hybridized carbons (Fsp3) is 0.309. The molecule has 0 saturated heterocycles. The molecule has 5 aromatic rings. The molecule has 2 N–H and O–H groups in total. The normalized spacial score (nSPS) is 13.5. The lowest BCUT2D eigenvalue weighted by Gasteiger charge is -2.13. The number of rotatable bonds is 25. The van der Waals surface area contributed by atoms with Gasteiger partial charge in [0.15, 0.2) is 0 Å². The third-order valence-electron chi connectivity index (χ3n) is 11.3. The number of aliphatic hydroxyl groups is 2. The highest BCUT2D eigenvalue weighted by molar-refractivity contribution is 8.24. The minimum Gasteiger partial charge on any atom is -0.496 e. The van der Waals surface area contributed by atoms with Crippen molar-refractivity contribution in [2.24, 2.45) is 5.92 Å². The van der Waals surface area contributed by atoms with Gasteiger partial charge in [0.25, 0.3) is 5.70 Å². The van der Waals surface area contributed by atoms with Crippen LogP contribution in [0.2, 0.25) is 0 Å². The van der Waals surface area contributed by atoms with Crippen molar-refractivity contribution in [3.63, 3.8) is 0 Å². The fourth-order valence-corrected chi connectivity index (χ4v) is 9.22. The number of methoxy groups -OCH3 is 3. The van der Waals surface area contributed by atoms with E-state index >= 15 is 0 Å². The van der Waals surface area contributed by atoms with Crippen LogP contribution >= 0.6 is 23.5 Å². The smallest absolute Gasteiger partial charge is 0.347 e. The maximum absolute atomic E-state index is 13.7. The topological polar surface area (TPSA) is 222 Å². The second-order valence-electron chi connectivity index (χ2n) is 16.7. The maximum Gasteiger partial charge on any atom is 0.347 e. The number of nitrogens with zero attached hydrogens (tertiary/aromatic N) is 1. The average Bonchev–Trinajstić information content (AvgIpc) is 3.87. The van der Waals surface area contributed by atoms with Gasteiger partial charge >= 0.3 is 29.8 Å². The number of carbonyl (C=O) groups is 5. The summed E-state index contributed by atoms with van der Waals surface area (Å²) in [6, 6.07) is 23.3. The third kappa shape index (κ3) is 15.6. The van der Waals surface area contributed by atoms with Crippen LogP contribution in [0.5, 0.6) is 40.2 Å². The standard InChI is InChI=1S/C55H55NO17S2/c1-32(30-57)22-25-67-41-17-19-43(46(29-41)66-7)53(62)71-39-14-10-36(11-15-39)51(60)73-45-21-20-44(48-49(45)75-55(74-48)47(56-4)54(63)69-27-24-34(3)65-6)72-50(59)35-8-12-38(13-9-35)70-52(61)42-18-16-40(28-37(42)31-58)68-26-23-33(2)64-5/h8-21,28-29,32-34,57-58H,22-27,30-31H2,1-3,5-7H3. The summed E-state index contributed by atoms with van der Waals surface area (Å²) in [5, 5.41) is 19.3. The van der Waals surface area contributed by atoms with Gasteiger partial charge in [0.1, 0.15) is 45.8 Å². The van der Waals surface area contributed by atoms with Crippen molar-refractivity contribution in [3.05, 3.63) is 146 Å². The summed E-state index contributed by atoms with van der Waals surface area (Å²) in [4.78, 5) is 70.9. The van der Waals surface area contributed by atoms with E-state index in [1.165, 1.54) is 87.0 Å². The van der Waals surface area contributed by atoms with Gasteiger partial charge in [0, 0.05) is 39.7 Å². The molecule has 0 radical (unpaired) electrons.